The van der Waals surface area contributed by atoms with Crippen molar-refractivity contribution in [1.29, 1.82) is 0 Å². The van der Waals surface area contributed by atoms with E-state index in [0.717, 1.165) is 20.1 Å². The Labute approximate surface area is 161 Å². The predicted molar refractivity (Wildman–Crippen MR) is 105 cm³/mol. The third kappa shape index (κ3) is 3.32. The fraction of sp³-hybridized carbons (Fsp3) is 0.389. The standard InChI is InChI=1S/C18H20N2O3S3/c1-12-19-15-5-4-14(11-17(15)25-12)26(22,23)20-8-6-13(7-9-20)18(21)16-3-2-10-24-16/h2-5,10-11,13,18,21H,6-9H2,1H3. The number of thiazole rings is 1. The molecule has 0 radical (unpaired) electrons. The molecule has 4 rings (SSSR count). The first-order chi connectivity index (χ1) is 12.4. The van der Waals surface area contributed by atoms with E-state index in [1.165, 1.54) is 11.3 Å². The molecular weight excluding hydrogens is 388 g/mol. The van der Waals surface area contributed by atoms with Gasteiger partial charge in [0.1, 0.15) is 0 Å². The zero-order valence-corrected chi connectivity index (χ0v) is 16.8. The highest BCUT2D eigenvalue weighted by atomic mass is 32.2. The molecule has 3 heterocycles. The van der Waals surface area contributed by atoms with Crippen molar-refractivity contribution in [1.82, 2.24) is 9.29 Å². The van der Waals surface area contributed by atoms with Crippen molar-refractivity contribution in [2.45, 2.75) is 30.8 Å². The first-order valence-electron chi connectivity index (χ1n) is 8.54. The van der Waals surface area contributed by atoms with Gasteiger partial charge in [-0.2, -0.15) is 4.31 Å². The number of nitrogens with zero attached hydrogens (tertiary/aromatic N) is 2. The Morgan fingerprint density at radius 2 is 2.04 bits per heavy atom. The molecule has 1 N–H and O–H groups in total. The summed E-state index contributed by atoms with van der Waals surface area (Å²) in [5.74, 6) is 0.103. The minimum atomic E-state index is -3.51. The summed E-state index contributed by atoms with van der Waals surface area (Å²) in [6.45, 7) is 2.80. The second-order valence-electron chi connectivity index (χ2n) is 6.56. The number of piperidine rings is 1. The zero-order chi connectivity index (χ0) is 18.3. The van der Waals surface area contributed by atoms with Crippen LogP contribution in [0.4, 0.5) is 0 Å². The van der Waals surface area contributed by atoms with Gasteiger partial charge >= 0.3 is 0 Å². The van der Waals surface area contributed by atoms with Crippen LogP contribution in [0.15, 0.2) is 40.6 Å². The molecule has 1 aliphatic rings. The third-order valence-corrected chi connectivity index (χ3v) is 8.66. The van der Waals surface area contributed by atoms with Crippen LogP contribution in [0.1, 0.15) is 28.8 Å². The first kappa shape index (κ1) is 18.1. The van der Waals surface area contributed by atoms with Gasteiger partial charge in [-0.25, -0.2) is 13.4 Å². The number of aryl methyl sites for hydroxylation is 1. The fourth-order valence-electron chi connectivity index (χ4n) is 3.45. The van der Waals surface area contributed by atoms with E-state index in [4.69, 9.17) is 0 Å². The number of sulfonamides is 1. The number of aliphatic hydroxyl groups excluding tert-OH is 1. The maximum atomic E-state index is 13.0. The molecule has 1 unspecified atom stereocenters. The molecule has 1 aromatic carbocycles. The molecule has 0 bridgehead atoms. The molecule has 0 amide bonds. The fourth-order valence-corrected chi connectivity index (χ4v) is 6.69. The second-order valence-corrected chi connectivity index (χ2v) is 10.7. The van der Waals surface area contributed by atoms with E-state index >= 15 is 0 Å². The molecule has 26 heavy (non-hydrogen) atoms. The molecule has 138 valence electrons. The van der Waals surface area contributed by atoms with Gasteiger partial charge in [0.2, 0.25) is 10.0 Å². The Morgan fingerprint density at radius 1 is 1.27 bits per heavy atom. The Kier molecular flexibility index (Phi) is 4.87. The van der Waals surface area contributed by atoms with Crippen LogP contribution < -0.4 is 0 Å². The molecule has 1 fully saturated rings. The number of aliphatic hydroxyl groups is 1. The maximum Gasteiger partial charge on any atom is 0.243 e. The largest absolute Gasteiger partial charge is 0.387 e. The third-order valence-electron chi connectivity index (χ3n) is 4.88. The van der Waals surface area contributed by atoms with Crippen LogP contribution in [0.25, 0.3) is 10.2 Å². The van der Waals surface area contributed by atoms with Gasteiger partial charge in [-0.15, -0.1) is 22.7 Å². The van der Waals surface area contributed by atoms with Gasteiger partial charge in [-0.1, -0.05) is 6.07 Å². The van der Waals surface area contributed by atoms with Crippen molar-refractivity contribution in [2.24, 2.45) is 5.92 Å². The van der Waals surface area contributed by atoms with Crippen molar-refractivity contribution in [3.63, 3.8) is 0 Å². The van der Waals surface area contributed by atoms with E-state index in [-0.39, 0.29) is 5.92 Å². The SMILES string of the molecule is Cc1nc2ccc(S(=O)(=O)N3CCC(C(O)c4cccs4)CC3)cc2s1. The lowest BCUT2D eigenvalue weighted by atomic mass is 9.91. The number of rotatable bonds is 4. The quantitative estimate of drug-likeness (QED) is 0.713. The molecule has 0 saturated carbocycles. The molecule has 1 aliphatic heterocycles. The number of benzene rings is 1. The van der Waals surface area contributed by atoms with E-state index in [2.05, 4.69) is 4.98 Å². The lowest BCUT2D eigenvalue weighted by molar-refractivity contribution is 0.0789. The van der Waals surface area contributed by atoms with Crippen molar-refractivity contribution in [2.75, 3.05) is 13.1 Å². The van der Waals surface area contributed by atoms with Crippen molar-refractivity contribution < 1.29 is 13.5 Å². The number of hydrogen-bond donors (Lipinski definition) is 1. The van der Waals surface area contributed by atoms with Crippen molar-refractivity contribution in [3.05, 3.63) is 45.6 Å². The molecule has 1 saturated heterocycles. The van der Waals surface area contributed by atoms with Gasteiger partial charge in [0.25, 0.3) is 0 Å². The number of aromatic nitrogens is 1. The highest BCUT2D eigenvalue weighted by Gasteiger charge is 2.33. The second kappa shape index (κ2) is 7.01. The van der Waals surface area contributed by atoms with E-state index in [1.807, 2.05) is 24.4 Å². The van der Waals surface area contributed by atoms with Crippen LogP contribution >= 0.6 is 22.7 Å². The van der Waals surface area contributed by atoms with Crippen molar-refractivity contribution in [3.8, 4) is 0 Å². The van der Waals surface area contributed by atoms with Gasteiger partial charge in [0.05, 0.1) is 26.2 Å². The monoisotopic (exact) mass is 408 g/mol. The Hall–Kier alpha value is -1.32. The van der Waals surface area contributed by atoms with Crippen LogP contribution in [-0.2, 0) is 10.0 Å². The van der Waals surface area contributed by atoms with E-state index < -0.39 is 16.1 Å². The number of hydrogen-bond acceptors (Lipinski definition) is 6. The lowest BCUT2D eigenvalue weighted by Crippen LogP contribution is -2.39. The molecule has 1 atom stereocenters. The van der Waals surface area contributed by atoms with Crippen LogP contribution in [0.5, 0.6) is 0 Å². The molecule has 0 aliphatic carbocycles. The van der Waals surface area contributed by atoms with Gasteiger partial charge in [0, 0.05) is 18.0 Å². The van der Waals surface area contributed by atoms with Gasteiger partial charge < -0.3 is 5.11 Å². The highest BCUT2D eigenvalue weighted by Crippen LogP contribution is 2.35. The zero-order valence-electron chi connectivity index (χ0n) is 14.3. The first-order valence-corrected chi connectivity index (χ1v) is 11.7. The number of thiophene rings is 1. The summed E-state index contributed by atoms with van der Waals surface area (Å²) in [4.78, 5) is 5.67. The molecule has 3 aromatic rings. The van der Waals surface area contributed by atoms with E-state index in [9.17, 15) is 13.5 Å². The summed E-state index contributed by atoms with van der Waals surface area (Å²) >= 11 is 3.05. The molecule has 0 spiro atoms. The molecule has 2 aromatic heterocycles. The summed E-state index contributed by atoms with van der Waals surface area (Å²) in [5, 5.41) is 13.4. The van der Waals surface area contributed by atoms with Crippen LogP contribution in [0.2, 0.25) is 0 Å². The summed E-state index contributed by atoms with van der Waals surface area (Å²) in [6.07, 6.45) is 0.830. The average molecular weight is 409 g/mol. The maximum absolute atomic E-state index is 13.0. The molecular formula is C18H20N2O3S3. The Morgan fingerprint density at radius 3 is 2.73 bits per heavy atom. The van der Waals surface area contributed by atoms with Gasteiger partial charge in [-0.05, 0) is 55.3 Å². The molecule has 8 heteroatoms. The summed E-state index contributed by atoms with van der Waals surface area (Å²) in [7, 11) is -3.51. The van der Waals surface area contributed by atoms with E-state index in [0.29, 0.717) is 30.8 Å². The van der Waals surface area contributed by atoms with Gasteiger partial charge in [0.15, 0.2) is 0 Å². The highest BCUT2D eigenvalue weighted by molar-refractivity contribution is 7.89. The van der Waals surface area contributed by atoms with Crippen LogP contribution in [-0.4, -0.2) is 35.9 Å². The minimum Gasteiger partial charge on any atom is -0.387 e. The van der Waals surface area contributed by atoms with Crippen molar-refractivity contribution >= 4 is 42.9 Å². The average Bonchev–Trinajstić information content (AvgIpc) is 3.29. The summed E-state index contributed by atoms with van der Waals surface area (Å²) in [5.41, 5.74) is 0.837. The summed E-state index contributed by atoms with van der Waals surface area (Å²) in [6, 6.07) is 9.01. The Balaban J connectivity index is 1.50. The normalized spacial score (nSPS) is 18.4. The Bertz CT molecular complexity index is 1000. The topological polar surface area (TPSA) is 70.5 Å². The minimum absolute atomic E-state index is 0.103. The van der Waals surface area contributed by atoms with Crippen LogP contribution in [0, 0.1) is 12.8 Å². The summed E-state index contributed by atoms with van der Waals surface area (Å²) < 4.78 is 28.4. The van der Waals surface area contributed by atoms with E-state index in [1.54, 1.807) is 33.8 Å². The van der Waals surface area contributed by atoms with Gasteiger partial charge in [-0.3, -0.25) is 0 Å². The molecule has 5 nitrogen and oxygen atoms in total. The predicted octanol–water partition coefficient (Wildman–Crippen LogP) is 3.80. The smallest absolute Gasteiger partial charge is 0.243 e. The lowest BCUT2D eigenvalue weighted by Gasteiger charge is -2.33. The number of fused-ring (bicyclic) bond motifs is 1. The van der Waals surface area contributed by atoms with Crippen LogP contribution in [0.3, 0.4) is 0 Å².